The van der Waals surface area contributed by atoms with Crippen molar-refractivity contribution < 1.29 is 13.2 Å². The van der Waals surface area contributed by atoms with E-state index in [1.807, 2.05) is 12.1 Å². The number of sulfone groups is 1. The molecule has 0 saturated heterocycles. The summed E-state index contributed by atoms with van der Waals surface area (Å²) in [7, 11) is -3.46. The van der Waals surface area contributed by atoms with Crippen LogP contribution in [0.4, 0.5) is 5.69 Å². The van der Waals surface area contributed by atoms with Gasteiger partial charge in [-0.2, -0.15) is 0 Å². The van der Waals surface area contributed by atoms with Crippen molar-refractivity contribution in [2.45, 2.75) is 18.4 Å². The quantitative estimate of drug-likeness (QED) is 0.752. The minimum atomic E-state index is -3.46. The molecule has 1 aromatic carbocycles. The highest BCUT2D eigenvalue weighted by atomic mass is 32.2. The van der Waals surface area contributed by atoms with Crippen LogP contribution in [0.1, 0.15) is 23.0 Å². The summed E-state index contributed by atoms with van der Waals surface area (Å²) < 4.78 is 24.3. The first-order valence-corrected chi connectivity index (χ1v) is 8.12. The Kier molecular flexibility index (Phi) is 4.32. The summed E-state index contributed by atoms with van der Waals surface area (Å²) in [6.45, 7) is 2.01. The SMILES string of the molecule is CCS(=O)(=O)c1cc(C(N)=O)ccc1NCc1ccc[nH]1. The molecule has 0 saturated carbocycles. The molecule has 21 heavy (non-hydrogen) atoms. The fraction of sp³-hybridized carbons (Fsp3) is 0.214. The molecule has 0 bridgehead atoms. The Bertz CT molecular complexity index is 737. The van der Waals surface area contributed by atoms with Gasteiger partial charge in [-0.1, -0.05) is 6.92 Å². The lowest BCUT2D eigenvalue weighted by Gasteiger charge is -2.12. The molecule has 0 aliphatic rings. The molecule has 7 heteroatoms. The van der Waals surface area contributed by atoms with Gasteiger partial charge in [-0.3, -0.25) is 4.79 Å². The van der Waals surface area contributed by atoms with Crippen molar-refractivity contribution in [2.75, 3.05) is 11.1 Å². The lowest BCUT2D eigenvalue weighted by molar-refractivity contribution is 0.1000. The number of benzene rings is 1. The molecule has 0 fully saturated rings. The minimum absolute atomic E-state index is 0.0492. The third-order valence-electron chi connectivity index (χ3n) is 3.11. The van der Waals surface area contributed by atoms with E-state index in [0.29, 0.717) is 12.2 Å². The van der Waals surface area contributed by atoms with Crippen LogP contribution in [0.15, 0.2) is 41.4 Å². The molecular weight excluding hydrogens is 290 g/mol. The van der Waals surface area contributed by atoms with Gasteiger partial charge >= 0.3 is 0 Å². The summed E-state index contributed by atoms with van der Waals surface area (Å²) in [4.78, 5) is 14.3. The largest absolute Gasteiger partial charge is 0.378 e. The fourth-order valence-electron chi connectivity index (χ4n) is 1.90. The second kappa shape index (κ2) is 6.01. The Morgan fingerprint density at radius 3 is 2.67 bits per heavy atom. The number of hydrogen-bond acceptors (Lipinski definition) is 4. The summed E-state index contributed by atoms with van der Waals surface area (Å²) in [5.74, 6) is -0.703. The highest BCUT2D eigenvalue weighted by Crippen LogP contribution is 2.24. The van der Waals surface area contributed by atoms with Gasteiger partial charge in [-0.05, 0) is 30.3 Å². The average molecular weight is 307 g/mol. The van der Waals surface area contributed by atoms with Gasteiger partial charge in [0, 0.05) is 17.5 Å². The summed E-state index contributed by atoms with van der Waals surface area (Å²) in [6.07, 6.45) is 1.79. The van der Waals surface area contributed by atoms with Crippen molar-refractivity contribution >= 4 is 21.4 Å². The van der Waals surface area contributed by atoms with Gasteiger partial charge < -0.3 is 16.0 Å². The zero-order valence-corrected chi connectivity index (χ0v) is 12.4. The van der Waals surface area contributed by atoms with E-state index < -0.39 is 15.7 Å². The molecular formula is C14H17N3O3S. The number of nitrogens with two attached hydrogens (primary N) is 1. The lowest BCUT2D eigenvalue weighted by atomic mass is 10.2. The molecule has 1 heterocycles. The predicted molar refractivity (Wildman–Crippen MR) is 80.8 cm³/mol. The number of rotatable bonds is 6. The van der Waals surface area contributed by atoms with Gasteiger partial charge in [0.1, 0.15) is 0 Å². The van der Waals surface area contributed by atoms with Gasteiger partial charge in [0.25, 0.3) is 0 Å². The van der Waals surface area contributed by atoms with Crippen molar-refractivity contribution in [1.82, 2.24) is 4.98 Å². The number of carbonyl (C=O) groups excluding carboxylic acids is 1. The first-order valence-electron chi connectivity index (χ1n) is 6.47. The Morgan fingerprint density at radius 2 is 2.10 bits per heavy atom. The van der Waals surface area contributed by atoms with Crippen molar-refractivity contribution in [1.29, 1.82) is 0 Å². The topological polar surface area (TPSA) is 105 Å². The van der Waals surface area contributed by atoms with Crippen LogP contribution in [0.5, 0.6) is 0 Å². The summed E-state index contributed by atoms with van der Waals surface area (Å²) in [5.41, 5.74) is 6.76. The third-order valence-corrected chi connectivity index (χ3v) is 4.88. The van der Waals surface area contributed by atoms with E-state index in [9.17, 15) is 13.2 Å². The maximum atomic E-state index is 12.2. The molecule has 0 unspecified atom stereocenters. The molecule has 0 aliphatic carbocycles. The maximum Gasteiger partial charge on any atom is 0.248 e. The van der Waals surface area contributed by atoms with Crippen molar-refractivity contribution in [2.24, 2.45) is 5.73 Å². The van der Waals surface area contributed by atoms with E-state index in [4.69, 9.17) is 5.73 Å². The number of carbonyl (C=O) groups is 1. The number of nitrogens with one attached hydrogen (secondary N) is 2. The molecule has 0 aliphatic heterocycles. The first kappa shape index (κ1) is 15.1. The normalized spacial score (nSPS) is 11.3. The van der Waals surface area contributed by atoms with Gasteiger partial charge in [-0.15, -0.1) is 0 Å². The number of H-pyrrole nitrogens is 1. The standard InChI is InChI=1S/C14H17N3O3S/c1-2-21(19,20)13-8-10(14(15)18)5-6-12(13)17-9-11-4-3-7-16-11/h3-8,16-17H,2,9H2,1H3,(H2,15,18). The van der Waals surface area contributed by atoms with Crippen LogP contribution >= 0.6 is 0 Å². The molecule has 1 amide bonds. The number of aromatic amines is 1. The van der Waals surface area contributed by atoms with Crippen molar-refractivity contribution in [3.05, 3.63) is 47.8 Å². The highest BCUT2D eigenvalue weighted by molar-refractivity contribution is 7.91. The van der Waals surface area contributed by atoms with E-state index >= 15 is 0 Å². The summed E-state index contributed by atoms with van der Waals surface area (Å²) >= 11 is 0. The number of amides is 1. The molecule has 4 N–H and O–H groups in total. The van der Waals surface area contributed by atoms with E-state index in [2.05, 4.69) is 10.3 Å². The molecule has 2 rings (SSSR count). The van der Waals surface area contributed by atoms with Crippen LogP contribution in [0.2, 0.25) is 0 Å². The van der Waals surface area contributed by atoms with E-state index in [0.717, 1.165) is 5.69 Å². The van der Waals surface area contributed by atoms with Crippen molar-refractivity contribution in [3.63, 3.8) is 0 Å². The monoisotopic (exact) mass is 307 g/mol. The number of hydrogen-bond donors (Lipinski definition) is 3. The molecule has 112 valence electrons. The maximum absolute atomic E-state index is 12.2. The van der Waals surface area contributed by atoms with E-state index in [1.165, 1.54) is 12.1 Å². The van der Waals surface area contributed by atoms with Gasteiger partial charge in [0.2, 0.25) is 5.91 Å². The first-order chi connectivity index (χ1) is 9.94. The second-order valence-corrected chi connectivity index (χ2v) is 6.77. The Hall–Kier alpha value is -2.28. The lowest BCUT2D eigenvalue weighted by Crippen LogP contribution is -2.14. The van der Waals surface area contributed by atoms with Crippen LogP contribution in [0, 0.1) is 0 Å². The zero-order valence-electron chi connectivity index (χ0n) is 11.6. The zero-order chi connectivity index (χ0) is 15.5. The van der Waals surface area contributed by atoms with Crippen LogP contribution in [-0.4, -0.2) is 25.1 Å². The van der Waals surface area contributed by atoms with E-state index in [1.54, 1.807) is 19.2 Å². The molecule has 0 radical (unpaired) electrons. The Balaban J connectivity index is 2.37. The fourth-order valence-corrected chi connectivity index (χ4v) is 3.00. The third kappa shape index (κ3) is 3.43. The minimum Gasteiger partial charge on any atom is -0.378 e. The molecule has 2 aromatic rings. The number of anilines is 1. The summed E-state index contributed by atoms with van der Waals surface area (Å²) in [5, 5.41) is 3.06. The predicted octanol–water partition coefficient (Wildman–Crippen LogP) is 1.52. The van der Waals surface area contributed by atoms with E-state index in [-0.39, 0.29) is 16.2 Å². The van der Waals surface area contributed by atoms with Crippen LogP contribution in [0.3, 0.4) is 0 Å². The van der Waals surface area contributed by atoms with Crippen LogP contribution in [-0.2, 0) is 16.4 Å². The van der Waals surface area contributed by atoms with Gasteiger partial charge in [0.15, 0.2) is 9.84 Å². The number of aromatic nitrogens is 1. The molecule has 0 atom stereocenters. The molecule has 1 aromatic heterocycles. The highest BCUT2D eigenvalue weighted by Gasteiger charge is 2.18. The summed E-state index contributed by atoms with van der Waals surface area (Å²) in [6, 6.07) is 8.13. The Labute approximate surface area is 123 Å². The van der Waals surface area contributed by atoms with Crippen LogP contribution in [0.25, 0.3) is 0 Å². The van der Waals surface area contributed by atoms with Gasteiger partial charge in [-0.25, -0.2) is 8.42 Å². The smallest absolute Gasteiger partial charge is 0.248 e. The Morgan fingerprint density at radius 1 is 1.33 bits per heavy atom. The average Bonchev–Trinajstić information content (AvgIpc) is 2.98. The number of primary amides is 1. The second-order valence-electron chi connectivity index (χ2n) is 4.53. The van der Waals surface area contributed by atoms with Crippen LogP contribution < -0.4 is 11.1 Å². The molecule has 0 spiro atoms. The molecule has 6 nitrogen and oxygen atoms in total. The van der Waals surface area contributed by atoms with Crippen molar-refractivity contribution in [3.8, 4) is 0 Å². The van der Waals surface area contributed by atoms with Gasteiger partial charge in [0.05, 0.1) is 22.9 Å².